The summed E-state index contributed by atoms with van der Waals surface area (Å²) >= 11 is 4.97. The van der Waals surface area contributed by atoms with Crippen LogP contribution in [-0.2, 0) is 4.74 Å². The molecule has 1 aromatic rings. The molecule has 1 saturated heterocycles. The molecule has 1 atom stereocenters. The smallest absolute Gasteiger partial charge is 0.159 e. The molecule has 0 bridgehead atoms. The fraction of sp³-hybridized carbons (Fsp3) is 0.545. The van der Waals surface area contributed by atoms with Crippen molar-refractivity contribution in [3.63, 3.8) is 0 Å². The molecule has 92 valence electrons. The molecule has 5 nitrogen and oxygen atoms in total. The number of ether oxygens (including phenoxy) is 1. The van der Waals surface area contributed by atoms with Gasteiger partial charge in [-0.15, -0.1) is 5.10 Å². The lowest BCUT2D eigenvalue weighted by atomic mass is 10.0. The van der Waals surface area contributed by atoms with Gasteiger partial charge in [0, 0.05) is 13.2 Å². The van der Waals surface area contributed by atoms with Gasteiger partial charge in [0.15, 0.2) is 5.82 Å². The molecule has 1 fully saturated rings. The molecule has 0 aliphatic carbocycles. The third kappa shape index (κ3) is 2.89. The Labute approximate surface area is 106 Å². The van der Waals surface area contributed by atoms with Gasteiger partial charge in [0.1, 0.15) is 4.99 Å². The Balaban J connectivity index is 2.06. The largest absolute Gasteiger partial charge is 0.389 e. The molecule has 17 heavy (non-hydrogen) atoms. The van der Waals surface area contributed by atoms with Gasteiger partial charge in [-0.3, -0.25) is 0 Å². The van der Waals surface area contributed by atoms with E-state index in [0.717, 1.165) is 25.0 Å². The minimum atomic E-state index is -0.134. The maximum Gasteiger partial charge on any atom is 0.159 e. The van der Waals surface area contributed by atoms with Crippen LogP contribution in [0.5, 0.6) is 0 Å². The van der Waals surface area contributed by atoms with Gasteiger partial charge in [-0.25, -0.2) is 0 Å². The van der Waals surface area contributed by atoms with Crippen LogP contribution in [0.15, 0.2) is 12.3 Å². The first-order valence-electron chi connectivity index (χ1n) is 5.60. The number of nitrogens with one attached hydrogen (secondary N) is 1. The zero-order chi connectivity index (χ0) is 12.3. The van der Waals surface area contributed by atoms with E-state index in [9.17, 15) is 0 Å². The topological polar surface area (TPSA) is 73.1 Å². The molecule has 1 aliphatic rings. The van der Waals surface area contributed by atoms with E-state index in [1.807, 2.05) is 0 Å². The van der Waals surface area contributed by atoms with Gasteiger partial charge in [-0.1, -0.05) is 12.2 Å². The first-order chi connectivity index (χ1) is 8.11. The van der Waals surface area contributed by atoms with Crippen LogP contribution < -0.4 is 11.1 Å². The molecule has 0 saturated carbocycles. The summed E-state index contributed by atoms with van der Waals surface area (Å²) in [6.07, 6.45) is 3.72. The Kier molecular flexibility index (Phi) is 3.54. The van der Waals surface area contributed by atoms with Crippen LogP contribution in [0, 0.1) is 0 Å². The second-order valence-electron chi connectivity index (χ2n) is 4.41. The van der Waals surface area contributed by atoms with Crippen LogP contribution in [0.3, 0.4) is 0 Å². The molecule has 1 unspecified atom stereocenters. The van der Waals surface area contributed by atoms with E-state index in [-0.39, 0.29) is 5.60 Å². The van der Waals surface area contributed by atoms with Crippen molar-refractivity contribution < 1.29 is 4.74 Å². The Morgan fingerprint density at radius 2 is 2.53 bits per heavy atom. The molecule has 3 N–H and O–H groups in total. The molecule has 6 heteroatoms. The highest BCUT2D eigenvalue weighted by Gasteiger charge is 2.29. The van der Waals surface area contributed by atoms with Crippen LogP contribution in [0.1, 0.15) is 25.3 Å². The van der Waals surface area contributed by atoms with Crippen LogP contribution in [0.4, 0.5) is 5.82 Å². The van der Waals surface area contributed by atoms with Crippen molar-refractivity contribution in [1.29, 1.82) is 0 Å². The standard InChI is InChI=1S/C11H16N4OS/c1-11(4-2-6-16-11)7-13-10-8(9(12)17)3-5-14-15-10/h3,5H,2,4,6-7H2,1H3,(H2,12,17)(H,13,15). The predicted octanol–water partition coefficient (Wildman–Crippen LogP) is 1.09. The average Bonchev–Trinajstić information content (AvgIpc) is 2.74. The van der Waals surface area contributed by atoms with E-state index in [2.05, 4.69) is 22.4 Å². The monoisotopic (exact) mass is 252 g/mol. The van der Waals surface area contributed by atoms with Gasteiger partial charge in [-0.2, -0.15) is 5.10 Å². The Morgan fingerprint density at radius 1 is 1.71 bits per heavy atom. The van der Waals surface area contributed by atoms with E-state index in [1.54, 1.807) is 12.3 Å². The van der Waals surface area contributed by atoms with Gasteiger partial charge < -0.3 is 15.8 Å². The molecular formula is C11H16N4OS. The molecular weight excluding hydrogens is 236 g/mol. The molecule has 0 spiro atoms. The van der Waals surface area contributed by atoms with Gasteiger partial charge >= 0.3 is 0 Å². The van der Waals surface area contributed by atoms with E-state index in [0.29, 0.717) is 17.4 Å². The number of thiocarbonyl (C=S) groups is 1. The predicted molar refractivity (Wildman–Crippen MR) is 70.0 cm³/mol. The fourth-order valence-corrected chi connectivity index (χ4v) is 2.07. The van der Waals surface area contributed by atoms with Crippen molar-refractivity contribution >= 4 is 23.0 Å². The first kappa shape index (κ1) is 12.2. The van der Waals surface area contributed by atoms with Gasteiger partial charge in [0.25, 0.3) is 0 Å². The zero-order valence-corrected chi connectivity index (χ0v) is 10.6. The summed E-state index contributed by atoms with van der Waals surface area (Å²) < 4.78 is 5.69. The maximum absolute atomic E-state index is 5.69. The number of hydrogen-bond donors (Lipinski definition) is 2. The lowest BCUT2D eigenvalue weighted by Gasteiger charge is -2.24. The molecule has 0 aromatic carbocycles. The average molecular weight is 252 g/mol. The number of aromatic nitrogens is 2. The molecule has 2 rings (SSSR count). The number of hydrogen-bond acceptors (Lipinski definition) is 5. The van der Waals surface area contributed by atoms with Crippen molar-refractivity contribution in [3.8, 4) is 0 Å². The van der Waals surface area contributed by atoms with Gasteiger partial charge in [-0.05, 0) is 25.8 Å². The van der Waals surface area contributed by atoms with Gasteiger partial charge in [0.05, 0.1) is 17.4 Å². The fourth-order valence-electron chi connectivity index (χ4n) is 1.91. The third-order valence-corrected chi connectivity index (χ3v) is 3.14. The van der Waals surface area contributed by atoms with Crippen LogP contribution in [0.25, 0.3) is 0 Å². The van der Waals surface area contributed by atoms with E-state index in [4.69, 9.17) is 22.7 Å². The molecule has 2 heterocycles. The summed E-state index contributed by atoms with van der Waals surface area (Å²) in [4.78, 5) is 0.319. The number of nitrogens with zero attached hydrogens (tertiary/aromatic N) is 2. The quantitative estimate of drug-likeness (QED) is 0.782. The lowest BCUT2D eigenvalue weighted by molar-refractivity contribution is 0.0314. The number of rotatable bonds is 4. The summed E-state index contributed by atoms with van der Waals surface area (Å²) in [6.45, 7) is 3.59. The summed E-state index contributed by atoms with van der Waals surface area (Å²) in [7, 11) is 0. The number of anilines is 1. The second kappa shape index (κ2) is 4.93. The van der Waals surface area contributed by atoms with Crippen molar-refractivity contribution in [1.82, 2.24) is 10.2 Å². The Hall–Kier alpha value is -1.27. The molecule has 0 radical (unpaired) electrons. The van der Waals surface area contributed by atoms with Crippen LogP contribution >= 0.6 is 12.2 Å². The lowest BCUT2D eigenvalue weighted by Crippen LogP contribution is -2.33. The van der Waals surface area contributed by atoms with Crippen molar-refractivity contribution in [2.75, 3.05) is 18.5 Å². The SMILES string of the molecule is CC1(CNc2nnccc2C(N)=S)CCCO1. The highest BCUT2D eigenvalue weighted by molar-refractivity contribution is 7.80. The van der Waals surface area contributed by atoms with Crippen molar-refractivity contribution in [3.05, 3.63) is 17.8 Å². The minimum absolute atomic E-state index is 0.134. The van der Waals surface area contributed by atoms with E-state index >= 15 is 0 Å². The summed E-state index contributed by atoms with van der Waals surface area (Å²) in [6, 6.07) is 1.76. The summed E-state index contributed by atoms with van der Waals surface area (Å²) in [5, 5.41) is 11.0. The highest BCUT2D eigenvalue weighted by atomic mass is 32.1. The summed E-state index contributed by atoms with van der Waals surface area (Å²) in [5.41, 5.74) is 6.21. The van der Waals surface area contributed by atoms with Gasteiger partial charge in [0.2, 0.25) is 0 Å². The maximum atomic E-state index is 5.69. The third-order valence-electron chi connectivity index (χ3n) is 2.92. The zero-order valence-electron chi connectivity index (χ0n) is 9.77. The van der Waals surface area contributed by atoms with Crippen LogP contribution in [-0.4, -0.2) is 33.9 Å². The second-order valence-corrected chi connectivity index (χ2v) is 4.85. The first-order valence-corrected chi connectivity index (χ1v) is 6.01. The summed E-state index contributed by atoms with van der Waals surface area (Å²) in [5.74, 6) is 0.622. The van der Waals surface area contributed by atoms with E-state index in [1.165, 1.54) is 0 Å². The van der Waals surface area contributed by atoms with E-state index < -0.39 is 0 Å². The minimum Gasteiger partial charge on any atom is -0.389 e. The normalized spacial score (nSPS) is 23.6. The molecule has 0 amide bonds. The Bertz CT molecular complexity index is 418. The molecule has 1 aliphatic heterocycles. The Morgan fingerprint density at radius 3 is 3.18 bits per heavy atom. The number of nitrogens with two attached hydrogens (primary N) is 1. The highest BCUT2D eigenvalue weighted by Crippen LogP contribution is 2.25. The molecule has 1 aromatic heterocycles. The van der Waals surface area contributed by atoms with Crippen molar-refractivity contribution in [2.45, 2.75) is 25.4 Å². The van der Waals surface area contributed by atoms with Crippen molar-refractivity contribution in [2.24, 2.45) is 5.73 Å². The van der Waals surface area contributed by atoms with Crippen LogP contribution in [0.2, 0.25) is 0 Å².